The van der Waals surface area contributed by atoms with E-state index in [9.17, 15) is 9.59 Å². The number of amides is 1. The van der Waals surface area contributed by atoms with Crippen molar-refractivity contribution in [3.63, 3.8) is 0 Å². The number of hydrogen-bond acceptors (Lipinski definition) is 3. The van der Waals surface area contributed by atoms with Crippen LogP contribution in [-0.2, 0) is 9.59 Å². The third-order valence-electron chi connectivity index (χ3n) is 3.19. The van der Waals surface area contributed by atoms with Gasteiger partial charge in [-0.3, -0.25) is 9.59 Å². The molecule has 21 heavy (non-hydrogen) atoms. The Morgan fingerprint density at radius 1 is 1.19 bits per heavy atom. The number of carboxylic acids is 1. The fraction of sp³-hybridized carbons (Fsp3) is 0.500. The van der Waals surface area contributed by atoms with Gasteiger partial charge in [0.25, 0.3) is 5.91 Å². The predicted octanol–water partition coefficient (Wildman–Crippen LogP) is 2.48. The molecule has 5 nitrogen and oxygen atoms in total. The van der Waals surface area contributed by atoms with Gasteiger partial charge in [-0.2, -0.15) is 0 Å². The maximum absolute atomic E-state index is 11.9. The fourth-order valence-corrected chi connectivity index (χ4v) is 1.86. The number of aryl methyl sites for hydroxylation is 1. The van der Waals surface area contributed by atoms with E-state index in [4.69, 9.17) is 9.84 Å². The minimum atomic E-state index is -1.08. The number of benzene rings is 1. The average molecular weight is 293 g/mol. The van der Waals surface area contributed by atoms with E-state index < -0.39 is 24.0 Å². The molecule has 0 aliphatic carbocycles. The zero-order valence-electron chi connectivity index (χ0n) is 13.1. The molecule has 0 aromatic heterocycles. The molecule has 1 amide bonds. The van der Waals surface area contributed by atoms with Crippen LogP contribution in [0.25, 0.3) is 0 Å². The smallest absolute Gasteiger partial charge is 0.325 e. The quantitative estimate of drug-likeness (QED) is 0.845. The number of nitrogens with one attached hydrogen (secondary N) is 1. The molecule has 0 saturated heterocycles. The number of ether oxygens (including phenoxy) is 1. The van der Waals surface area contributed by atoms with Crippen LogP contribution in [0.3, 0.4) is 0 Å². The number of carbonyl (C=O) groups excluding carboxylic acids is 1. The lowest BCUT2D eigenvalue weighted by Crippen LogP contribution is -2.44. The van der Waals surface area contributed by atoms with Crippen LogP contribution in [0.4, 0.5) is 0 Å². The molecule has 0 fully saturated rings. The van der Waals surface area contributed by atoms with E-state index in [1.165, 1.54) is 6.92 Å². The molecule has 0 aliphatic heterocycles. The molecule has 1 aromatic carbocycles. The molecule has 0 radical (unpaired) electrons. The number of rotatable bonds is 6. The van der Waals surface area contributed by atoms with Gasteiger partial charge in [0.05, 0.1) is 0 Å². The standard InChI is InChI=1S/C16H23NO4/c1-9(2)13-7-6-10(3)8-14(13)21-12(5)15(18)17-11(4)16(19)20/h6-9,11-12H,1-5H3,(H,17,18)(H,19,20)/t11-,12?/m1/s1. The highest BCUT2D eigenvalue weighted by atomic mass is 16.5. The summed E-state index contributed by atoms with van der Waals surface area (Å²) in [4.78, 5) is 22.7. The molecule has 5 heteroatoms. The lowest BCUT2D eigenvalue weighted by atomic mass is 10.0. The van der Waals surface area contributed by atoms with Crippen molar-refractivity contribution in [2.45, 2.75) is 52.7 Å². The van der Waals surface area contributed by atoms with Crippen molar-refractivity contribution < 1.29 is 19.4 Å². The lowest BCUT2D eigenvalue weighted by molar-refractivity contribution is -0.142. The van der Waals surface area contributed by atoms with Gasteiger partial charge < -0.3 is 15.2 Å². The highest BCUT2D eigenvalue weighted by Gasteiger charge is 2.21. The number of aliphatic carboxylic acids is 1. The van der Waals surface area contributed by atoms with E-state index >= 15 is 0 Å². The summed E-state index contributed by atoms with van der Waals surface area (Å²) in [7, 11) is 0. The van der Waals surface area contributed by atoms with Gasteiger partial charge >= 0.3 is 5.97 Å². The van der Waals surface area contributed by atoms with Gasteiger partial charge in [0.2, 0.25) is 0 Å². The van der Waals surface area contributed by atoms with E-state index in [2.05, 4.69) is 19.2 Å². The maximum Gasteiger partial charge on any atom is 0.325 e. The van der Waals surface area contributed by atoms with Crippen molar-refractivity contribution in [1.29, 1.82) is 0 Å². The van der Waals surface area contributed by atoms with Crippen molar-refractivity contribution in [2.75, 3.05) is 0 Å². The molecule has 116 valence electrons. The molecule has 0 saturated carbocycles. The zero-order chi connectivity index (χ0) is 16.2. The van der Waals surface area contributed by atoms with E-state index in [-0.39, 0.29) is 5.92 Å². The van der Waals surface area contributed by atoms with Crippen molar-refractivity contribution in [2.24, 2.45) is 0 Å². The van der Waals surface area contributed by atoms with E-state index in [1.54, 1.807) is 6.92 Å². The first-order valence-electron chi connectivity index (χ1n) is 7.02. The van der Waals surface area contributed by atoms with Gasteiger partial charge in [-0.1, -0.05) is 26.0 Å². The Balaban J connectivity index is 2.83. The second-order valence-electron chi connectivity index (χ2n) is 5.52. The van der Waals surface area contributed by atoms with Gasteiger partial charge in [0.1, 0.15) is 11.8 Å². The molecular weight excluding hydrogens is 270 g/mol. The Hall–Kier alpha value is -2.04. The van der Waals surface area contributed by atoms with Crippen molar-refractivity contribution in [3.05, 3.63) is 29.3 Å². The minimum Gasteiger partial charge on any atom is -0.481 e. The first-order valence-corrected chi connectivity index (χ1v) is 7.02. The second-order valence-corrected chi connectivity index (χ2v) is 5.52. The first kappa shape index (κ1) is 17.0. The summed E-state index contributed by atoms with van der Waals surface area (Å²) in [5, 5.41) is 11.2. The molecule has 1 rings (SSSR count). The van der Waals surface area contributed by atoms with Crippen LogP contribution in [0.2, 0.25) is 0 Å². The van der Waals surface area contributed by atoms with Gasteiger partial charge in [0.15, 0.2) is 6.10 Å². The van der Waals surface area contributed by atoms with E-state index in [0.29, 0.717) is 5.75 Å². The summed E-state index contributed by atoms with van der Waals surface area (Å²) in [6.07, 6.45) is -0.758. The normalized spacial score (nSPS) is 13.6. The fourth-order valence-electron chi connectivity index (χ4n) is 1.86. The molecule has 0 bridgehead atoms. The summed E-state index contributed by atoms with van der Waals surface area (Å²) in [5.74, 6) is -0.584. The largest absolute Gasteiger partial charge is 0.481 e. The molecule has 0 heterocycles. The monoisotopic (exact) mass is 293 g/mol. The third kappa shape index (κ3) is 4.77. The summed E-state index contributed by atoms with van der Waals surface area (Å²) >= 11 is 0. The Morgan fingerprint density at radius 2 is 1.81 bits per heavy atom. The highest BCUT2D eigenvalue weighted by molar-refractivity contribution is 5.86. The average Bonchev–Trinajstić information content (AvgIpc) is 2.37. The van der Waals surface area contributed by atoms with Gasteiger partial charge in [-0.05, 0) is 43.9 Å². The Kier molecular flexibility index (Phi) is 5.76. The SMILES string of the molecule is Cc1ccc(C(C)C)c(OC(C)C(=O)N[C@H](C)C(=O)O)c1. The zero-order valence-corrected chi connectivity index (χ0v) is 13.1. The third-order valence-corrected chi connectivity index (χ3v) is 3.19. The van der Waals surface area contributed by atoms with Crippen LogP contribution in [0.15, 0.2) is 18.2 Å². The Bertz CT molecular complexity index is 525. The van der Waals surface area contributed by atoms with E-state index in [0.717, 1.165) is 11.1 Å². The molecular formula is C16H23NO4. The maximum atomic E-state index is 11.9. The van der Waals surface area contributed by atoms with Gasteiger partial charge in [0, 0.05) is 0 Å². The van der Waals surface area contributed by atoms with Crippen LogP contribution < -0.4 is 10.1 Å². The van der Waals surface area contributed by atoms with Crippen LogP contribution in [0.1, 0.15) is 44.7 Å². The number of carbonyl (C=O) groups is 2. The molecule has 2 atom stereocenters. The first-order chi connectivity index (χ1) is 9.72. The second kappa shape index (κ2) is 7.11. The lowest BCUT2D eigenvalue weighted by Gasteiger charge is -2.20. The van der Waals surface area contributed by atoms with Crippen LogP contribution in [-0.4, -0.2) is 29.1 Å². The molecule has 2 N–H and O–H groups in total. The highest BCUT2D eigenvalue weighted by Crippen LogP contribution is 2.28. The number of carboxylic acid groups (broad SMARTS) is 1. The van der Waals surface area contributed by atoms with Crippen LogP contribution >= 0.6 is 0 Å². The minimum absolute atomic E-state index is 0.272. The van der Waals surface area contributed by atoms with Crippen molar-refractivity contribution in [1.82, 2.24) is 5.32 Å². The Labute approximate surface area is 125 Å². The van der Waals surface area contributed by atoms with Crippen molar-refractivity contribution in [3.8, 4) is 5.75 Å². The van der Waals surface area contributed by atoms with Crippen LogP contribution in [0, 0.1) is 6.92 Å². The predicted molar refractivity (Wildman–Crippen MR) is 80.6 cm³/mol. The molecule has 1 unspecified atom stereocenters. The topological polar surface area (TPSA) is 75.6 Å². The molecule has 1 aromatic rings. The summed E-state index contributed by atoms with van der Waals surface area (Å²) in [6, 6.07) is 4.93. The van der Waals surface area contributed by atoms with Crippen LogP contribution in [0.5, 0.6) is 5.75 Å². The van der Waals surface area contributed by atoms with Gasteiger partial charge in [-0.25, -0.2) is 0 Å². The summed E-state index contributed by atoms with van der Waals surface area (Å²) in [6.45, 7) is 9.08. The number of hydrogen-bond donors (Lipinski definition) is 2. The van der Waals surface area contributed by atoms with Crippen molar-refractivity contribution >= 4 is 11.9 Å². The molecule has 0 aliphatic rings. The van der Waals surface area contributed by atoms with Gasteiger partial charge in [-0.15, -0.1) is 0 Å². The Morgan fingerprint density at radius 3 is 2.33 bits per heavy atom. The van der Waals surface area contributed by atoms with E-state index in [1.807, 2.05) is 25.1 Å². The molecule has 0 spiro atoms. The summed E-state index contributed by atoms with van der Waals surface area (Å²) in [5.41, 5.74) is 2.06. The summed E-state index contributed by atoms with van der Waals surface area (Å²) < 4.78 is 5.73.